The molecule has 2 rings (SSSR count). The van der Waals surface area contributed by atoms with Crippen LogP contribution in [-0.4, -0.2) is 21.4 Å². The third-order valence-corrected chi connectivity index (χ3v) is 3.15. The van der Waals surface area contributed by atoms with Crippen LogP contribution in [0.4, 0.5) is 0 Å². The van der Waals surface area contributed by atoms with E-state index in [1.807, 2.05) is 18.6 Å². The van der Waals surface area contributed by atoms with Crippen LogP contribution in [0.5, 0.6) is 0 Å². The molecule has 80 valence electrons. The Hall–Kier alpha value is -0.880. The molecule has 0 amide bonds. The minimum atomic E-state index is 0.631. The lowest BCUT2D eigenvalue weighted by Gasteiger charge is -1.87. The van der Waals surface area contributed by atoms with Gasteiger partial charge in [0.15, 0.2) is 5.82 Å². The monoisotopic (exact) mass is 241 g/mol. The molecule has 0 N–H and O–H groups in total. The van der Waals surface area contributed by atoms with Crippen molar-refractivity contribution in [2.24, 2.45) is 0 Å². The van der Waals surface area contributed by atoms with Crippen LogP contribution in [0, 0.1) is 6.92 Å². The number of hydrogen-bond acceptors (Lipinski definition) is 6. The van der Waals surface area contributed by atoms with Crippen LogP contribution in [0.1, 0.15) is 22.4 Å². The van der Waals surface area contributed by atoms with Gasteiger partial charge >= 0.3 is 0 Å². The summed E-state index contributed by atoms with van der Waals surface area (Å²) < 4.78 is 5.12. The van der Waals surface area contributed by atoms with Crippen LogP contribution >= 0.6 is 23.1 Å². The van der Waals surface area contributed by atoms with E-state index in [2.05, 4.69) is 15.1 Å². The maximum absolute atomic E-state index is 5.12. The molecule has 0 unspecified atom stereocenters. The van der Waals surface area contributed by atoms with Gasteiger partial charge in [-0.3, -0.25) is 0 Å². The molecular formula is C9H11N3OS2. The second-order valence-corrected chi connectivity index (χ2v) is 5.00. The zero-order chi connectivity index (χ0) is 10.7. The molecule has 4 nitrogen and oxygen atoms in total. The first-order chi connectivity index (χ1) is 7.28. The van der Waals surface area contributed by atoms with Gasteiger partial charge in [-0.2, -0.15) is 16.7 Å². The number of aryl methyl sites for hydroxylation is 1. The molecule has 0 bridgehead atoms. The van der Waals surface area contributed by atoms with Gasteiger partial charge in [-0.15, -0.1) is 11.3 Å². The van der Waals surface area contributed by atoms with Crippen LogP contribution in [0.3, 0.4) is 0 Å². The van der Waals surface area contributed by atoms with Crippen molar-refractivity contribution < 1.29 is 4.52 Å². The molecule has 0 aliphatic carbocycles. The maximum Gasteiger partial charge on any atom is 0.232 e. The number of nitrogens with zero attached hydrogens (tertiary/aromatic N) is 3. The number of hydrogen-bond donors (Lipinski definition) is 0. The van der Waals surface area contributed by atoms with Gasteiger partial charge < -0.3 is 4.52 Å². The van der Waals surface area contributed by atoms with Crippen LogP contribution in [0.2, 0.25) is 0 Å². The maximum atomic E-state index is 5.12. The van der Waals surface area contributed by atoms with Crippen molar-refractivity contribution in [2.75, 3.05) is 6.26 Å². The van der Waals surface area contributed by atoms with E-state index in [1.54, 1.807) is 23.1 Å². The summed E-state index contributed by atoms with van der Waals surface area (Å²) in [5, 5.41) is 6.96. The van der Waals surface area contributed by atoms with Gasteiger partial charge in [-0.1, -0.05) is 5.16 Å². The second kappa shape index (κ2) is 4.76. The molecule has 2 aromatic heterocycles. The fourth-order valence-corrected chi connectivity index (χ4v) is 2.18. The standard InChI is InChI=1S/C9H11N3OS2/c1-6-10-7(4-15-6)3-9-11-8(5-14-2)12-13-9/h4H,3,5H2,1-2H3. The minimum Gasteiger partial charge on any atom is -0.339 e. The number of thioether (sulfide) groups is 1. The summed E-state index contributed by atoms with van der Waals surface area (Å²) in [4.78, 5) is 8.62. The van der Waals surface area contributed by atoms with Crippen molar-refractivity contribution in [3.05, 3.63) is 27.8 Å². The van der Waals surface area contributed by atoms with E-state index < -0.39 is 0 Å². The molecular weight excluding hydrogens is 230 g/mol. The largest absolute Gasteiger partial charge is 0.339 e. The third kappa shape index (κ3) is 2.79. The van der Waals surface area contributed by atoms with Gasteiger partial charge in [0.05, 0.1) is 22.9 Å². The second-order valence-electron chi connectivity index (χ2n) is 3.07. The predicted molar refractivity (Wildman–Crippen MR) is 61.2 cm³/mol. The van der Waals surface area contributed by atoms with Gasteiger partial charge in [0, 0.05) is 5.38 Å². The summed E-state index contributed by atoms with van der Waals surface area (Å²) in [6, 6.07) is 0. The Morgan fingerprint density at radius 1 is 1.47 bits per heavy atom. The summed E-state index contributed by atoms with van der Waals surface area (Å²) in [6.45, 7) is 1.99. The van der Waals surface area contributed by atoms with E-state index in [-0.39, 0.29) is 0 Å². The van der Waals surface area contributed by atoms with Crippen LogP contribution in [-0.2, 0) is 12.2 Å². The first-order valence-electron chi connectivity index (χ1n) is 4.49. The summed E-state index contributed by atoms with van der Waals surface area (Å²) in [7, 11) is 0. The zero-order valence-electron chi connectivity index (χ0n) is 8.56. The molecule has 6 heteroatoms. The third-order valence-electron chi connectivity index (χ3n) is 1.78. The summed E-state index contributed by atoms with van der Waals surface area (Å²) in [5.74, 6) is 2.19. The van der Waals surface area contributed by atoms with Crippen LogP contribution in [0.25, 0.3) is 0 Å². The normalized spacial score (nSPS) is 10.8. The van der Waals surface area contributed by atoms with Crippen LogP contribution < -0.4 is 0 Å². The van der Waals surface area contributed by atoms with Gasteiger partial charge in [0.1, 0.15) is 0 Å². The molecule has 2 heterocycles. The lowest BCUT2D eigenvalue weighted by atomic mass is 10.3. The van der Waals surface area contributed by atoms with E-state index in [0.717, 1.165) is 22.3 Å². The lowest BCUT2D eigenvalue weighted by Crippen LogP contribution is -1.89. The fourth-order valence-electron chi connectivity index (χ4n) is 1.19. The Morgan fingerprint density at radius 2 is 2.33 bits per heavy atom. The molecule has 0 radical (unpaired) electrons. The van der Waals surface area contributed by atoms with E-state index in [4.69, 9.17) is 4.52 Å². The highest BCUT2D eigenvalue weighted by Crippen LogP contribution is 2.13. The average molecular weight is 241 g/mol. The Balaban J connectivity index is 2.04. The van der Waals surface area contributed by atoms with Crippen LogP contribution in [0.15, 0.2) is 9.90 Å². The number of aromatic nitrogens is 3. The van der Waals surface area contributed by atoms with Crippen molar-refractivity contribution in [1.82, 2.24) is 15.1 Å². The molecule has 0 saturated heterocycles. The Kier molecular flexibility index (Phi) is 3.37. The molecule has 0 saturated carbocycles. The van der Waals surface area contributed by atoms with E-state index in [9.17, 15) is 0 Å². The Labute approximate surface area is 96.1 Å². The first-order valence-corrected chi connectivity index (χ1v) is 6.76. The topological polar surface area (TPSA) is 51.8 Å². The smallest absolute Gasteiger partial charge is 0.232 e. The average Bonchev–Trinajstić information content (AvgIpc) is 2.78. The molecule has 0 aliphatic rings. The summed E-state index contributed by atoms with van der Waals surface area (Å²) in [5.41, 5.74) is 0.997. The van der Waals surface area contributed by atoms with Gasteiger partial charge in [0.25, 0.3) is 0 Å². The predicted octanol–water partition coefficient (Wildman–Crippen LogP) is 2.29. The highest BCUT2D eigenvalue weighted by Gasteiger charge is 2.08. The summed E-state index contributed by atoms with van der Waals surface area (Å²) in [6.07, 6.45) is 2.64. The lowest BCUT2D eigenvalue weighted by molar-refractivity contribution is 0.380. The molecule has 0 fully saturated rings. The SMILES string of the molecule is CSCc1noc(Cc2csc(C)n2)n1. The van der Waals surface area contributed by atoms with Crippen molar-refractivity contribution in [2.45, 2.75) is 19.1 Å². The molecule has 0 atom stereocenters. The highest BCUT2D eigenvalue weighted by molar-refractivity contribution is 7.97. The zero-order valence-corrected chi connectivity index (χ0v) is 10.2. The molecule has 0 aromatic carbocycles. The molecule has 0 aliphatic heterocycles. The van der Waals surface area contributed by atoms with E-state index in [1.165, 1.54) is 0 Å². The first kappa shape index (κ1) is 10.6. The van der Waals surface area contributed by atoms with Gasteiger partial charge in [-0.05, 0) is 13.2 Å². The number of thiazole rings is 1. The van der Waals surface area contributed by atoms with E-state index in [0.29, 0.717) is 12.3 Å². The van der Waals surface area contributed by atoms with Crippen molar-refractivity contribution in [3.8, 4) is 0 Å². The molecule has 2 aromatic rings. The molecule has 15 heavy (non-hydrogen) atoms. The highest BCUT2D eigenvalue weighted by atomic mass is 32.2. The van der Waals surface area contributed by atoms with E-state index >= 15 is 0 Å². The van der Waals surface area contributed by atoms with Crippen molar-refractivity contribution in [3.63, 3.8) is 0 Å². The van der Waals surface area contributed by atoms with Gasteiger partial charge in [0.2, 0.25) is 5.89 Å². The molecule has 0 spiro atoms. The summed E-state index contributed by atoms with van der Waals surface area (Å²) >= 11 is 3.32. The van der Waals surface area contributed by atoms with Crippen molar-refractivity contribution in [1.29, 1.82) is 0 Å². The van der Waals surface area contributed by atoms with Crippen molar-refractivity contribution >= 4 is 23.1 Å². The Bertz CT molecular complexity index is 438. The minimum absolute atomic E-state index is 0.631. The number of rotatable bonds is 4. The fraction of sp³-hybridized carbons (Fsp3) is 0.444. The van der Waals surface area contributed by atoms with Gasteiger partial charge in [-0.25, -0.2) is 4.98 Å². The Morgan fingerprint density at radius 3 is 3.00 bits per heavy atom. The quantitative estimate of drug-likeness (QED) is 0.822.